The zero-order valence-electron chi connectivity index (χ0n) is 14.0. The van der Waals surface area contributed by atoms with E-state index in [1.165, 1.54) is 4.57 Å². The summed E-state index contributed by atoms with van der Waals surface area (Å²) < 4.78 is 12.4. The van der Waals surface area contributed by atoms with E-state index in [9.17, 15) is 4.79 Å². The Balaban J connectivity index is 2.35. The fraction of sp³-hybridized carbons (Fsp3) is 0.333. The highest BCUT2D eigenvalue weighted by molar-refractivity contribution is 6.11. The molecule has 0 bridgehead atoms. The second-order valence-corrected chi connectivity index (χ2v) is 6.52. The largest absolute Gasteiger partial charge is 0.481 e. The number of hydrogen-bond acceptors (Lipinski definition) is 4. The van der Waals surface area contributed by atoms with Crippen LogP contribution in [0.2, 0.25) is 0 Å². The number of pyridine rings is 1. The topological polar surface area (TPSA) is 53.4 Å². The van der Waals surface area contributed by atoms with E-state index in [4.69, 9.17) is 9.47 Å². The number of benzene rings is 1. The second-order valence-electron chi connectivity index (χ2n) is 6.52. The van der Waals surface area contributed by atoms with E-state index in [1.807, 2.05) is 58.0 Å². The van der Waals surface area contributed by atoms with E-state index in [-0.39, 0.29) is 0 Å². The molecule has 3 aromatic rings. The molecule has 0 saturated carbocycles. The number of ether oxygens (including phenoxy) is 2. The molecule has 0 amide bonds. The summed E-state index contributed by atoms with van der Waals surface area (Å²) >= 11 is 0. The van der Waals surface area contributed by atoms with Crippen molar-refractivity contribution in [2.24, 2.45) is 0 Å². The first kappa shape index (κ1) is 15.3. The third kappa shape index (κ3) is 2.63. The molecule has 0 aliphatic rings. The SMILES string of the molecule is COc1nc2c(cc1C)c1ccccc1n2C(=O)OC(C)(C)C. The summed E-state index contributed by atoms with van der Waals surface area (Å²) in [6.07, 6.45) is -0.442. The summed E-state index contributed by atoms with van der Waals surface area (Å²) in [6, 6.07) is 9.70. The molecule has 0 aliphatic heterocycles. The standard InChI is InChI=1S/C18H20N2O3/c1-11-10-13-12-8-6-7-9-14(12)20(15(13)19-16(11)22-5)17(21)23-18(2,3)4/h6-10H,1-5H3. The molecule has 0 fully saturated rings. The van der Waals surface area contributed by atoms with Crippen LogP contribution in [0.25, 0.3) is 21.9 Å². The van der Waals surface area contributed by atoms with Crippen LogP contribution in [0.15, 0.2) is 30.3 Å². The average Bonchev–Trinajstić information content (AvgIpc) is 2.78. The zero-order valence-corrected chi connectivity index (χ0v) is 14.0. The van der Waals surface area contributed by atoms with Gasteiger partial charge in [0.25, 0.3) is 0 Å². The van der Waals surface area contributed by atoms with Crippen LogP contribution >= 0.6 is 0 Å². The Morgan fingerprint density at radius 3 is 2.52 bits per heavy atom. The van der Waals surface area contributed by atoms with Crippen LogP contribution in [-0.2, 0) is 4.74 Å². The van der Waals surface area contributed by atoms with Gasteiger partial charge in [0.15, 0.2) is 5.65 Å². The molecular weight excluding hydrogens is 292 g/mol. The summed E-state index contributed by atoms with van der Waals surface area (Å²) in [5.74, 6) is 0.505. The third-order valence-electron chi connectivity index (χ3n) is 3.56. The average molecular weight is 312 g/mol. The molecule has 23 heavy (non-hydrogen) atoms. The molecule has 120 valence electrons. The summed E-state index contributed by atoms with van der Waals surface area (Å²) in [7, 11) is 1.57. The number of nitrogens with zero attached hydrogens (tertiary/aromatic N) is 2. The van der Waals surface area contributed by atoms with E-state index < -0.39 is 11.7 Å². The number of carbonyl (C=O) groups is 1. The fourth-order valence-electron chi connectivity index (χ4n) is 2.67. The molecule has 2 heterocycles. The van der Waals surface area contributed by atoms with Crippen molar-refractivity contribution >= 4 is 28.0 Å². The molecule has 0 spiro atoms. The van der Waals surface area contributed by atoms with E-state index >= 15 is 0 Å². The van der Waals surface area contributed by atoms with E-state index in [2.05, 4.69) is 4.98 Å². The minimum absolute atomic E-state index is 0.442. The normalized spacial score (nSPS) is 11.9. The Morgan fingerprint density at radius 1 is 1.17 bits per heavy atom. The number of hydrogen-bond donors (Lipinski definition) is 0. The Labute approximate surface area is 134 Å². The van der Waals surface area contributed by atoms with Gasteiger partial charge in [0, 0.05) is 16.3 Å². The van der Waals surface area contributed by atoms with Crippen LogP contribution in [0.3, 0.4) is 0 Å². The van der Waals surface area contributed by atoms with Crippen LogP contribution in [0, 0.1) is 6.92 Å². The second kappa shape index (κ2) is 5.26. The van der Waals surface area contributed by atoms with Crippen LogP contribution in [-0.4, -0.2) is 28.4 Å². The van der Waals surface area contributed by atoms with Crippen LogP contribution < -0.4 is 4.74 Å². The van der Waals surface area contributed by atoms with Crippen LogP contribution in [0.5, 0.6) is 5.88 Å². The molecule has 0 saturated heterocycles. The quantitative estimate of drug-likeness (QED) is 0.672. The molecule has 0 N–H and O–H groups in total. The Kier molecular flexibility index (Phi) is 3.51. The van der Waals surface area contributed by atoms with E-state index in [0.717, 1.165) is 21.9 Å². The van der Waals surface area contributed by atoms with Crippen LogP contribution in [0.4, 0.5) is 4.79 Å². The lowest BCUT2D eigenvalue weighted by molar-refractivity contribution is 0.0550. The number of aryl methyl sites for hydroxylation is 1. The Bertz CT molecular complexity index is 904. The maximum absolute atomic E-state index is 12.7. The number of methoxy groups -OCH3 is 1. The van der Waals surface area contributed by atoms with Gasteiger partial charge in [-0.1, -0.05) is 18.2 Å². The first-order chi connectivity index (χ1) is 10.8. The lowest BCUT2D eigenvalue weighted by Crippen LogP contribution is -2.27. The van der Waals surface area contributed by atoms with Gasteiger partial charge in [0.05, 0.1) is 12.6 Å². The summed E-state index contributed by atoms with van der Waals surface area (Å²) in [5, 5.41) is 1.87. The molecular formula is C18H20N2O3. The van der Waals surface area contributed by atoms with Crippen molar-refractivity contribution in [3.8, 4) is 5.88 Å². The predicted molar refractivity (Wildman–Crippen MR) is 90.2 cm³/mol. The summed E-state index contributed by atoms with van der Waals surface area (Å²) in [5.41, 5.74) is 1.66. The first-order valence-electron chi connectivity index (χ1n) is 7.50. The third-order valence-corrected chi connectivity index (χ3v) is 3.56. The molecule has 0 unspecified atom stereocenters. The van der Waals surface area contributed by atoms with Gasteiger partial charge in [0.2, 0.25) is 5.88 Å². The minimum Gasteiger partial charge on any atom is -0.481 e. The smallest absolute Gasteiger partial charge is 0.420 e. The maximum Gasteiger partial charge on any atom is 0.420 e. The zero-order chi connectivity index (χ0) is 16.8. The van der Waals surface area contributed by atoms with Crippen molar-refractivity contribution in [2.45, 2.75) is 33.3 Å². The van der Waals surface area contributed by atoms with Gasteiger partial charge in [0.1, 0.15) is 5.60 Å². The Hall–Kier alpha value is -2.56. The number of aromatic nitrogens is 2. The number of fused-ring (bicyclic) bond motifs is 3. The van der Waals surface area contributed by atoms with Gasteiger partial charge in [-0.25, -0.2) is 9.36 Å². The molecule has 1 aromatic carbocycles. The van der Waals surface area contributed by atoms with Gasteiger partial charge in [-0.2, -0.15) is 4.98 Å². The fourth-order valence-corrected chi connectivity index (χ4v) is 2.67. The molecule has 5 heteroatoms. The molecule has 3 rings (SSSR count). The molecule has 0 atom stereocenters. The Morgan fingerprint density at radius 2 is 1.87 bits per heavy atom. The van der Waals surface area contributed by atoms with E-state index in [1.54, 1.807) is 7.11 Å². The highest BCUT2D eigenvalue weighted by Gasteiger charge is 2.23. The molecule has 2 aromatic heterocycles. The highest BCUT2D eigenvalue weighted by atomic mass is 16.6. The molecule has 0 aliphatic carbocycles. The van der Waals surface area contributed by atoms with Crippen molar-refractivity contribution in [3.05, 3.63) is 35.9 Å². The lowest BCUT2D eigenvalue weighted by Gasteiger charge is -2.20. The van der Waals surface area contributed by atoms with Crippen molar-refractivity contribution in [3.63, 3.8) is 0 Å². The van der Waals surface area contributed by atoms with Crippen molar-refractivity contribution in [1.29, 1.82) is 0 Å². The first-order valence-corrected chi connectivity index (χ1v) is 7.50. The highest BCUT2D eigenvalue weighted by Crippen LogP contribution is 2.31. The van der Waals surface area contributed by atoms with E-state index in [0.29, 0.717) is 11.5 Å². The maximum atomic E-state index is 12.7. The number of para-hydroxylation sites is 1. The molecule has 0 radical (unpaired) electrons. The number of rotatable bonds is 1. The lowest BCUT2D eigenvalue weighted by atomic mass is 10.1. The molecule has 5 nitrogen and oxygen atoms in total. The summed E-state index contributed by atoms with van der Waals surface area (Å²) in [4.78, 5) is 17.2. The monoisotopic (exact) mass is 312 g/mol. The van der Waals surface area contributed by atoms with Gasteiger partial charge in [-0.3, -0.25) is 0 Å². The van der Waals surface area contributed by atoms with Crippen molar-refractivity contribution in [1.82, 2.24) is 9.55 Å². The number of carbonyl (C=O) groups excluding carboxylic acids is 1. The van der Waals surface area contributed by atoms with Gasteiger partial charge < -0.3 is 9.47 Å². The van der Waals surface area contributed by atoms with Gasteiger partial charge in [-0.15, -0.1) is 0 Å². The predicted octanol–water partition coefficient (Wildman–Crippen LogP) is 4.29. The van der Waals surface area contributed by atoms with Gasteiger partial charge >= 0.3 is 6.09 Å². The minimum atomic E-state index is -0.580. The van der Waals surface area contributed by atoms with Crippen molar-refractivity contribution in [2.75, 3.05) is 7.11 Å². The van der Waals surface area contributed by atoms with Crippen molar-refractivity contribution < 1.29 is 14.3 Å². The van der Waals surface area contributed by atoms with Crippen LogP contribution in [0.1, 0.15) is 26.3 Å². The summed E-state index contributed by atoms with van der Waals surface area (Å²) in [6.45, 7) is 7.47. The van der Waals surface area contributed by atoms with Gasteiger partial charge in [-0.05, 0) is 39.8 Å².